The van der Waals surface area contributed by atoms with E-state index in [0.717, 1.165) is 38.0 Å². The van der Waals surface area contributed by atoms with Crippen molar-refractivity contribution in [3.8, 4) is 0 Å². The molecule has 1 aromatic carbocycles. The largest absolute Gasteiger partial charge is 0.383 e. The molecule has 0 radical (unpaired) electrons. The molecule has 0 spiro atoms. The number of hydrogen-bond donors (Lipinski definition) is 1. The number of ether oxygens (including phenoxy) is 2. The number of rotatable bonds is 2. The summed E-state index contributed by atoms with van der Waals surface area (Å²) in [5, 5.41) is 0. The third kappa shape index (κ3) is 3.05. The molecular formula is C22H23BrN4O3. The van der Waals surface area contributed by atoms with E-state index in [1.807, 2.05) is 20.0 Å². The molecule has 2 N–H and O–H groups in total. The number of amides is 1. The zero-order chi connectivity index (χ0) is 21.0. The second-order valence-electron chi connectivity index (χ2n) is 8.31. The van der Waals surface area contributed by atoms with Crippen molar-refractivity contribution in [2.75, 3.05) is 19.4 Å². The Labute approximate surface area is 183 Å². The molecule has 0 fully saturated rings. The highest BCUT2D eigenvalue weighted by Crippen LogP contribution is 2.37. The molecule has 3 aliphatic rings. The van der Waals surface area contributed by atoms with Crippen LogP contribution in [-0.4, -0.2) is 41.2 Å². The zero-order valence-electron chi connectivity index (χ0n) is 16.9. The summed E-state index contributed by atoms with van der Waals surface area (Å²) in [7, 11) is 1.83. The minimum absolute atomic E-state index is 0.0433. The van der Waals surface area contributed by atoms with E-state index in [1.165, 1.54) is 0 Å². The molecule has 5 rings (SSSR count). The monoisotopic (exact) mass is 470 g/mol. The summed E-state index contributed by atoms with van der Waals surface area (Å²) in [4.78, 5) is 24.5. The first-order valence-electron chi connectivity index (χ1n) is 9.94. The van der Waals surface area contributed by atoms with Gasteiger partial charge in [0.1, 0.15) is 11.4 Å². The lowest BCUT2D eigenvalue weighted by Crippen LogP contribution is -2.49. The van der Waals surface area contributed by atoms with Crippen LogP contribution in [0.2, 0.25) is 0 Å². The third-order valence-electron chi connectivity index (χ3n) is 6.32. The second kappa shape index (κ2) is 7.14. The molecular weight excluding hydrogens is 448 g/mol. The number of anilines is 1. The van der Waals surface area contributed by atoms with Crippen molar-refractivity contribution >= 4 is 33.9 Å². The summed E-state index contributed by atoms with van der Waals surface area (Å²) in [6.07, 6.45) is 2.16. The first-order chi connectivity index (χ1) is 14.4. The summed E-state index contributed by atoms with van der Waals surface area (Å²) >= 11 is 3.51. The first kappa shape index (κ1) is 19.7. The Balaban J connectivity index is 1.46. The highest BCUT2D eigenvalue weighted by Gasteiger charge is 2.42. The van der Waals surface area contributed by atoms with Gasteiger partial charge in [0.25, 0.3) is 5.91 Å². The summed E-state index contributed by atoms with van der Waals surface area (Å²) in [6.45, 7) is 3.87. The standard InChI is InChI=1S/C22H23BrN4O3/c1-22(6-15-16-9-30-10-17(16)20(24)26-18(15)7-25-22)21(28)27(2)19-11-29-8-12-5-13(23)3-4-14(12)19/h3-5,7,19H,6,8-11H2,1-2H3,(H2,24,26)/t19-,22?/m1/s1. The zero-order valence-corrected chi connectivity index (χ0v) is 18.5. The van der Waals surface area contributed by atoms with Crippen LogP contribution in [0.25, 0.3) is 0 Å². The van der Waals surface area contributed by atoms with Gasteiger partial charge in [0.2, 0.25) is 0 Å². The van der Waals surface area contributed by atoms with E-state index >= 15 is 0 Å². The smallest absolute Gasteiger partial charge is 0.250 e. The third-order valence-corrected chi connectivity index (χ3v) is 6.81. The maximum atomic E-state index is 13.6. The predicted octanol–water partition coefficient (Wildman–Crippen LogP) is 2.92. The Kier molecular flexibility index (Phi) is 4.68. The van der Waals surface area contributed by atoms with Crippen molar-refractivity contribution in [2.45, 2.75) is 44.7 Å². The van der Waals surface area contributed by atoms with Gasteiger partial charge in [-0.15, -0.1) is 0 Å². The lowest BCUT2D eigenvalue weighted by atomic mass is 9.85. The van der Waals surface area contributed by atoms with Gasteiger partial charge in [0.05, 0.1) is 38.2 Å². The number of hydrogen-bond acceptors (Lipinski definition) is 6. The van der Waals surface area contributed by atoms with Crippen LogP contribution in [0.1, 0.15) is 46.5 Å². The number of carbonyl (C=O) groups excluding carboxylic acids is 1. The van der Waals surface area contributed by atoms with Gasteiger partial charge in [-0.05, 0) is 41.3 Å². The quantitative estimate of drug-likeness (QED) is 0.728. The van der Waals surface area contributed by atoms with Crippen LogP contribution in [0, 0.1) is 0 Å². The topological polar surface area (TPSA) is 90.0 Å². The Morgan fingerprint density at radius 1 is 1.23 bits per heavy atom. The Hall–Kier alpha value is -2.29. The average molecular weight is 471 g/mol. The minimum Gasteiger partial charge on any atom is -0.383 e. The van der Waals surface area contributed by atoms with Gasteiger partial charge < -0.3 is 20.1 Å². The highest BCUT2D eigenvalue weighted by molar-refractivity contribution is 9.10. The summed E-state index contributed by atoms with van der Waals surface area (Å²) in [5.41, 5.74) is 11.1. The molecule has 0 bridgehead atoms. The maximum absolute atomic E-state index is 13.6. The van der Waals surface area contributed by atoms with E-state index in [2.05, 4.69) is 38.0 Å². The van der Waals surface area contributed by atoms with Gasteiger partial charge in [-0.2, -0.15) is 0 Å². The lowest BCUT2D eigenvalue weighted by Gasteiger charge is -2.38. The molecule has 7 nitrogen and oxygen atoms in total. The minimum atomic E-state index is -0.914. The lowest BCUT2D eigenvalue weighted by molar-refractivity contribution is -0.139. The molecule has 30 heavy (non-hydrogen) atoms. The molecule has 3 aliphatic heterocycles. The number of nitrogens with zero attached hydrogens (tertiary/aromatic N) is 3. The fourth-order valence-corrected chi connectivity index (χ4v) is 5.02. The Morgan fingerprint density at radius 2 is 2.03 bits per heavy atom. The maximum Gasteiger partial charge on any atom is 0.250 e. The van der Waals surface area contributed by atoms with Crippen LogP contribution < -0.4 is 5.73 Å². The van der Waals surface area contributed by atoms with Crippen molar-refractivity contribution in [1.82, 2.24) is 9.88 Å². The fourth-order valence-electron chi connectivity index (χ4n) is 4.61. The number of benzene rings is 1. The molecule has 2 atom stereocenters. The molecule has 2 aromatic rings. The van der Waals surface area contributed by atoms with Crippen LogP contribution in [-0.2, 0) is 40.5 Å². The van der Waals surface area contributed by atoms with E-state index in [9.17, 15) is 4.79 Å². The predicted molar refractivity (Wildman–Crippen MR) is 116 cm³/mol. The van der Waals surface area contributed by atoms with Crippen LogP contribution in [0.5, 0.6) is 0 Å². The second-order valence-corrected chi connectivity index (χ2v) is 9.23. The van der Waals surface area contributed by atoms with Crippen molar-refractivity contribution < 1.29 is 14.3 Å². The molecule has 4 heterocycles. The Bertz CT molecular complexity index is 1090. The van der Waals surface area contributed by atoms with Gasteiger partial charge in [0, 0.05) is 29.7 Å². The van der Waals surface area contributed by atoms with Crippen LogP contribution in [0.3, 0.4) is 0 Å². The summed E-state index contributed by atoms with van der Waals surface area (Å²) in [5.74, 6) is 0.445. The molecule has 1 unspecified atom stereocenters. The molecule has 8 heteroatoms. The van der Waals surface area contributed by atoms with Crippen LogP contribution in [0.15, 0.2) is 27.7 Å². The van der Waals surface area contributed by atoms with E-state index in [4.69, 9.17) is 15.2 Å². The van der Waals surface area contributed by atoms with Gasteiger partial charge >= 0.3 is 0 Å². The van der Waals surface area contributed by atoms with E-state index in [-0.39, 0.29) is 11.9 Å². The van der Waals surface area contributed by atoms with Gasteiger partial charge in [-0.25, -0.2) is 4.98 Å². The Morgan fingerprint density at radius 3 is 2.87 bits per heavy atom. The number of carbonyl (C=O) groups is 1. The fraction of sp³-hybridized carbons (Fsp3) is 0.409. The first-order valence-corrected chi connectivity index (χ1v) is 10.7. The van der Waals surface area contributed by atoms with Crippen molar-refractivity contribution in [2.24, 2.45) is 4.99 Å². The summed E-state index contributed by atoms with van der Waals surface area (Å²) < 4.78 is 12.4. The van der Waals surface area contributed by atoms with E-state index in [1.54, 1.807) is 11.1 Å². The molecule has 0 saturated heterocycles. The number of nitrogens with two attached hydrogens (primary N) is 1. The molecule has 0 aliphatic carbocycles. The number of nitrogen functional groups attached to an aromatic ring is 1. The van der Waals surface area contributed by atoms with Crippen molar-refractivity contribution in [1.29, 1.82) is 0 Å². The molecule has 1 amide bonds. The van der Waals surface area contributed by atoms with Gasteiger partial charge in [-0.1, -0.05) is 22.0 Å². The van der Waals surface area contributed by atoms with Crippen LogP contribution in [0.4, 0.5) is 5.82 Å². The SMILES string of the molecule is CN(C(=O)C1(C)Cc2c(nc(N)c3c2COC3)C=N1)[C@@H]1COCc2cc(Br)ccc21. The molecule has 0 saturated carbocycles. The highest BCUT2D eigenvalue weighted by atomic mass is 79.9. The average Bonchev–Trinajstić information content (AvgIpc) is 3.24. The number of pyridine rings is 1. The van der Waals surface area contributed by atoms with Gasteiger partial charge in [-0.3, -0.25) is 9.79 Å². The van der Waals surface area contributed by atoms with Crippen LogP contribution >= 0.6 is 15.9 Å². The normalized spacial score (nSPS) is 24.2. The number of halogens is 1. The van der Waals surface area contributed by atoms with E-state index < -0.39 is 5.54 Å². The number of fused-ring (bicyclic) bond motifs is 4. The number of aliphatic imine (C=N–C) groups is 1. The molecule has 1 aromatic heterocycles. The molecule has 156 valence electrons. The summed E-state index contributed by atoms with van der Waals surface area (Å²) in [6, 6.07) is 5.97. The van der Waals surface area contributed by atoms with Crippen molar-refractivity contribution in [3.05, 3.63) is 56.2 Å². The number of aromatic nitrogens is 1. The van der Waals surface area contributed by atoms with Gasteiger partial charge in [0.15, 0.2) is 0 Å². The number of likely N-dealkylation sites (N-methyl/N-ethyl adjacent to an activating group) is 1. The van der Waals surface area contributed by atoms with Crippen molar-refractivity contribution in [3.63, 3.8) is 0 Å². The van der Waals surface area contributed by atoms with E-state index in [0.29, 0.717) is 38.7 Å².